The molecule has 0 radical (unpaired) electrons. The van der Waals surface area contributed by atoms with Gasteiger partial charge in [0.05, 0.1) is 35.5 Å². The summed E-state index contributed by atoms with van der Waals surface area (Å²) in [6, 6.07) is 21.9. The quantitative estimate of drug-likeness (QED) is 0.456. The van der Waals surface area contributed by atoms with Gasteiger partial charge in [0.1, 0.15) is 5.75 Å². The smallest absolute Gasteiger partial charge is 0.256 e. The molecule has 1 heterocycles. The Morgan fingerprint density at radius 1 is 0.941 bits per heavy atom. The molecule has 1 N–H and O–H groups in total. The van der Waals surface area contributed by atoms with Gasteiger partial charge in [-0.05, 0) is 62.6 Å². The van der Waals surface area contributed by atoms with Crippen LogP contribution >= 0.6 is 0 Å². The summed E-state index contributed by atoms with van der Waals surface area (Å²) in [6.45, 7) is 9.35. The van der Waals surface area contributed by atoms with Crippen LogP contribution in [-0.2, 0) is 4.79 Å². The Balaban J connectivity index is 2.04. The molecule has 0 spiro atoms. The van der Waals surface area contributed by atoms with E-state index in [1.165, 1.54) is 0 Å². The van der Waals surface area contributed by atoms with E-state index < -0.39 is 0 Å². The summed E-state index contributed by atoms with van der Waals surface area (Å²) in [7, 11) is 1.64. The number of hydrogen-bond donors (Lipinski definition) is 1. The fraction of sp³-hybridized carbons (Fsp3) is 0.241. The van der Waals surface area contributed by atoms with Gasteiger partial charge in [0.15, 0.2) is 0 Å². The SMILES string of the molecule is CCN(CC)C(=O)/C(=C1/Nc2c(C)cccc2C1=Nc1ccccc1C)c1cccc(OC)c1. The van der Waals surface area contributed by atoms with Crippen molar-refractivity contribution < 1.29 is 9.53 Å². The van der Waals surface area contributed by atoms with Crippen LogP contribution in [0.25, 0.3) is 5.57 Å². The Kier molecular flexibility index (Phi) is 6.82. The molecule has 5 nitrogen and oxygen atoms in total. The summed E-state index contributed by atoms with van der Waals surface area (Å²) in [4.78, 5) is 20.9. The van der Waals surface area contributed by atoms with Gasteiger partial charge in [0, 0.05) is 18.7 Å². The van der Waals surface area contributed by atoms with Crippen LogP contribution in [0.4, 0.5) is 11.4 Å². The number of benzene rings is 3. The summed E-state index contributed by atoms with van der Waals surface area (Å²) in [5.74, 6) is 0.663. The number of carbonyl (C=O) groups is 1. The number of aliphatic imine (C=N–C) groups is 1. The summed E-state index contributed by atoms with van der Waals surface area (Å²) in [5.41, 5.74) is 7.91. The highest BCUT2D eigenvalue weighted by Crippen LogP contribution is 2.38. The molecular weight excluding hydrogens is 422 g/mol. The van der Waals surface area contributed by atoms with E-state index in [0.29, 0.717) is 24.4 Å². The molecule has 5 heteroatoms. The number of fused-ring (bicyclic) bond motifs is 1. The predicted molar refractivity (Wildman–Crippen MR) is 140 cm³/mol. The Morgan fingerprint density at radius 3 is 2.35 bits per heavy atom. The normalized spacial score (nSPS) is 15.0. The van der Waals surface area contributed by atoms with Gasteiger partial charge in [-0.1, -0.05) is 48.5 Å². The number of nitrogens with one attached hydrogen (secondary N) is 1. The summed E-state index contributed by atoms with van der Waals surface area (Å²) < 4.78 is 5.48. The van der Waals surface area contributed by atoms with Crippen molar-refractivity contribution in [2.45, 2.75) is 27.7 Å². The van der Waals surface area contributed by atoms with Crippen molar-refractivity contribution in [3.63, 3.8) is 0 Å². The minimum absolute atomic E-state index is 0.0382. The number of nitrogens with zero attached hydrogens (tertiary/aromatic N) is 2. The Bertz CT molecular complexity index is 1290. The van der Waals surface area contributed by atoms with Crippen LogP contribution in [0, 0.1) is 13.8 Å². The van der Waals surface area contributed by atoms with E-state index in [1.807, 2.05) is 80.3 Å². The van der Waals surface area contributed by atoms with Gasteiger partial charge in [-0.3, -0.25) is 4.79 Å². The fourth-order valence-electron chi connectivity index (χ4n) is 4.28. The highest BCUT2D eigenvalue weighted by Gasteiger charge is 2.32. The lowest BCUT2D eigenvalue weighted by Gasteiger charge is -2.22. The van der Waals surface area contributed by atoms with E-state index in [1.54, 1.807) is 7.11 Å². The number of hydrogen-bond acceptors (Lipinski definition) is 4. The molecule has 1 aliphatic rings. The van der Waals surface area contributed by atoms with Gasteiger partial charge in [0.2, 0.25) is 0 Å². The Hall–Kier alpha value is -3.86. The lowest BCUT2D eigenvalue weighted by atomic mass is 9.98. The molecular formula is C29H31N3O2. The molecule has 0 saturated carbocycles. The first-order chi connectivity index (χ1) is 16.5. The van der Waals surface area contributed by atoms with Crippen molar-refractivity contribution >= 4 is 28.6 Å². The number of aryl methyl sites for hydroxylation is 2. The molecule has 1 aliphatic heterocycles. The monoisotopic (exact) mass is 453 g/mol. The van der Waals surface area contributed by atoms with Crippen LogP contribution < -0.4 is 10.1 Å². The second-order valence-electron chi connectivity index (χ2n) is 8.33. The lowest BCUT2D eigenvalue weighted by Crippen LogP contribution is -2.32. The van der Waals surface area contributed by atoms with Crippen LogP contribution in [-0.4, -0.2) is 36.7 Å². The molecule has 0 bridgehead atoms. The number of methoxy groups -OCH3 is 1. The van der Waals surface area contributed by atoms with E-state index in [9.17, 15) is 4.79 Å². The standard InChI is InChI=1S/C29H31N3O2/c1-6-32(7-2)29(33)25(21-14-11-15-22(18-21)34-5)28-27(30-24-17-9-8-12-19(24)3)23-16-10-13-20(4)26(23)31-28/h8-18,31H,6-7H2,1-5H3/b28-25+,30-27?. The number of para-hydroxylation sites is 2. The molecule has 0 saturated heterocycles. The number of likely N-dealkylation sites (N-methyl/N-ethyl adjacent to an activating group) is 1. The zero-order valence-corrected chi connectivity index (χ0v) is 20.5. The van der Waals surface area contributed by atoms with E-state index in [2.05, 4.69) is 24.4 Å². The van der Waals surface area contributed by atoms with Crippen LogP contribution in [0.3, 0.4) is 0 Å². The molecule has 4 rings (SSSR count). The largest absolute Gasteiger partial charge is 0.497 e. The van der Waals surface area contributed by atoms with Crippen molar-refractivity contribution in [2.75, 3.05) is 25.5 Å². The van der Waals surface area contributed by atoms with Crippen molar-refractivity contribution in [1.82, 2.24) is 4.90 Å². The molecule has 0 unspecified atom stereocenters. The minimum Gasteiger partial charge on any atom is -0.497 e. The second-order valence-corrected chi connectivity index (χ2v) is 8.33. The number of amides is 1. The third kappa shape index (κ3) is 4.34. The maximum atomic E-state index is 13.9. The fourth-order valence-corrected chi connectivity index (χ4v) is 4.28. The molecule has 34 heavy (non-hydrogen) atoms. The van der Waals surface area contributed by atoms with Crippen LogP contribution in [0.5, 0.6) is 5.75 Å². The number of rotatable bonds is 6. The molecule has 3 aromatic rings. The van der Waals surface area contributed by atoms with E-state index in [0.717, 1.165) is 45.0 Å². The first-order valence-electron chi connectivity index (χ1n) is 11.7. The number of anilines is 1. The number of allylic oxidation sites excluding steroid dienone is 1. The molecule has 0 fully saturated rings. The van der Waals surface area contributed by atoms with E-state index >= 15 is 0 Å². The highest BCUT2D eigenvalue weighted by molar-refractivity contribution is 6.34. The minimum atomic E-state index is -0.0382. The van der Waals surface area contributed by atoms with Gasteiger partial charge < -0.3 is 15.0 Å². The third-order valence-corrected chi connectivity index (χ3v) is 6.24. The lowest BCUT2D eigenvalue weighted by molar-refractivity contribution is -0.124. The highest BCUT2D eigenvalue weighted by atomic mass is 16.5. The zero-order chi connectivity index (χ0) is 24.2. The molecule has 3 aromatic carbocycles. The second kappa shape index (κ2) is 9.96. The van der Waals surface area contributed by atoms with Crippen molar-refractivity contribution in [3.8, 4) is 5.75 Å². The third-order valence-electron chi connectivity index (χ3n) is 6.24. The van der Waals surface area contributed by atoms with Crippen LogP contribution in [0.15, 0.2) is 77.4 Å². The summed E-state index contributed by atoms with van der Waals surface area (Å²) >= 11 is 0. The maximum Gasteiger partial charge on any atom is 0.256 e. The molecule has 0 atom stereocenters. The number of ether oxygens (including phenoxy) is 1. The molecule has 0 aliphatic carbocycles. The van der Waals surface area contributed by atoms with Gasteiger partial charge in [-0.15, -0.1) is 0 Å². The van der Waals surface area contributed by atoms with Crippen molar-refractivity contribution in [1.29, 1.82) is 0 Å². The average Bonchev–Trinajstić information content (AvgIpc) is 3.21. The first-order valence-corrected chi connectivity index (χ1v) is 11.7. The average molecular weight is 454 g/mol. The van der Waals surface area contributed by atoms with Gasteiger partial charge >= 0.3 is 0 Å². The van der Waals surface area contributed by atoms with Gasteiger partial charge in [-0.2, -0.15) is 0 Å². The van der Waals surface area contributed by atoms with Crippen molar-refractivity contribution in [2.24, 2.45) is 4.99 Å². The predicted octanol–water partition coefficient (Wildman–Crippen LogP) is 6.14. The molecule has 0 aromatic heterocycles. The van der Waals surface area contributed by atoms with E-state index in [-0.39, 0.29) is 5.91 Å². The maximum absolute atomic E-state index is 13.9. The van der Waals surface area contributed by atoms with Crippen LogP contribution in [0.2, 0.25) is 0 Å². The molecule has 1 amide bonds. The van der Waals surface area contributed by atoms with E-state index in [4.69, 9.17) is 9.73 Å². The molecule has 174 valence electrons. The first kappa shape index (κ1) is 23.3. The summed E-state index contributed by atoms with van der Waals surface area (Å²) in [5, 5.41) is 3.57. The Morgan fingerprint density at radius 2 is 1.65 bits per heavy atom. The van der Waals surface area contributed by atoms with Crippen LogP contribution in [0.1, 0.15) is 36.1 Å². The zero-order valence-electron chi connectivity index (χ0n) is 20.5. The number of carbonyl (C=O) groups excluding carboxylic acids is 1. The Labute approximate surface area is 201 Å². The summed E-state index contributed by atoms with van der Waals surface area (Å²) in [6.07, 6.45) is 0. The van der Waals surface area contributed by atoms with Gasteiger partial charge in [0.25, 0.3) is 5.91 Å². The topological polar surface area (TPSA) is 53.9 Å². The van der Waals surface area contributed by atoms with Crippen molar-refractivity contribution in [3.05, 3.63) is 94.7 Å². The van der Waals surface area contributed by atoms with Gasteiger partial charge in [-0.25, -0.2) is 4.99 Å².